The second kappa shape index (κ2) is 2.33. The molecule has 1 aliphatic heterocycles. The summed E-state index contributed by atoms with van der Waals surface area (Å²) in [5, 5.41) is 5.73. The molecule has 0 N–H and O–H groups in total. The smallest absolute Gasteiger partial charge is 0.217 e. The Bertz CT molecular complexity index is 184. The maximum Gasteiger partial charge on any atom is 0.217 e. The highest BCUT2D eigenvalue weighted by molar-refractivity contribution is 5.80. The number of rotatable bonds is 1. The van der Waals surface area contributed by atoms with Crippen molar-refractivity contribution in [1.29, 1.82) is 0 Å². The number of hydrogen-bond acceptors (Lipinski definition) is 3. The molecule has 10 heavy (non-hydrogen) atoms. The summed E-state index contributed by atoms with van der Waals surface area (Å²) in [5.74, 6) is 1.68. The molecule has 0 spiro atoms. The first-order valence-electron chi connectivity index (χ1n) is 3.30. The second-order valence-corrected chi connectivity index (χ2v) is 2.61. The first-order chi connectivity index (χ1) is 4.61. The van der Waals surface area contributed by atoms with Crippen molar-refractivity contribution in [2.45, 2.75) is 13.8 Å². The lowest BCUT2D eigenvalue weighted by molar-refractivity contribution is 0.301. The summed E-state index contributed by atoms with van der Waals surface area (Å²) in [5.41, 5.74) is 0. The van der Waals surface area contributed by atoms with Gasteiger partial charge in [-0.05, 0) is 6.58 Å². The Morgan fingerprint density at radius 2 is 2.20 bits per heavy atom. The van der Waals surface area contributed by atoms with Crippen molar-refractivity contribution in [2.24, 2.45) is 11.0 Å². The molecule has 0 atom stereocenters. The standard InChI is InChI=1S/C7H12N2O/c1-5(2)7-8-9(4)6(3)10-7/h5H,3H2,1-2,4H3. The lowest BCUT2D eigenvalue weighted by Gasteiger charge is -2.03. The molecule has 0 unspecified atom stereocenters. The van der Waals surface area contributed by atoms with Crippen molar-refractivity contribution in [3.05, 3.63) is 12.5 Å². The molecule has 0 amide bonds. The molecule has 0 aromatic heterocycles. The molecule has 0 bridgehead atoms. The van der Waals surface area contributed by atoms with Crippen molar-refractivity contribution >= 4 is 5.90 Å². The molecule has 0 aromatic rings. The minimum absolute atomic E-state index is 0.335. The molecule has 0 fully saturated rings. The highest BCUT2D eigenvalue weighted by Gasteiger charge is 2.18. The van der Waals surface area contributed by atoms with Crippen LogP contribution in [-0.4, -0.2) is 18.0 Å². The van der Waals surface area contributed by atoms with E-state index in [2.05, 4.69) is 11.7 Å². The first kappa shape index (κ1) is 7.12. The third-order valence-electron chi connectivity index (χ3n) is 1.33. The van der Waals surface area contributed by atoms with Gasteiger partial charge >= 0.3 is 0 Å². The number of hydrogen-bond donors (Lipinski definition) is 0. The highest BCUT2D eigenvalue weighted by atomic mass is 16.5. The zero-order valence-electron chi connectivity index (χ0n) is 6.59. The molecular weight excluding hydrogens is 128 g/mol. The van der Waals surface area contributed by atoms with Crippen LogP contribution in [0.2, 0.25) is 0 Å². The molecular formula is C7H12N2O. The van der Waals surface area contributed by atoms with Crippen LogP contribution < -0.4 is 0 Å². The van der Waals surface area contributed by atoms with E-state index in [-0.39, 0.29) is 0 Å². The van der Waals surface area contributed by atoms with Gasteiger partial charge in [0.1, 0.15) is 0 Å². The SMILES string of the molecule is C=C1OC(C(C)C)=NN1C. The third kappa shape index (κ3) is 1.12. The maximum atomic E-state index is 5.22. The number of hydrazone groups is 1. The fourth-order valence-electron chi connectivity index (χ4n) is 0.644. The molecule has 1 heterocycles. The first-order valence-corrected chi connectivity index (χ1v) is 3.30. The summed E-state index contributed by atoms with van der Waals surface area (Å²) in [4.78, 5) is 0. The summed E-state index contributed by atoms with van der Waals surface area (Å²) in [6.45, 7) is 7.72. The van der Waals surface area contributed by atoms with Gasteiger partial charge in [0, 0.05) is 13.0 Å². The Balaban J connectivity index is 2.67. The van der Waals surface area contributed by atoms with Crippen molar-refractivity contribution in [1.82, 2.24) is 5.01 Å². The van der Waals surface area contributed by atoms with E-state index in [1.54, 1.807) is 5.01 Å². The van der Waals surface area contributed by atoms with E-state index in [0.29, 0.717) is 11.8 Å². The zero-order valence-corrected chi connectivity index (χ0v) is 6.59. The quantitative estimate of drug-likeness (QED) is 0.549. The van der Waals surface area contributed by atoms with Gasteiger partial charge in [-0.2, -0.15) is 0 Å². The molecule has 0 radical (unpaired) electrons. The van der Waals surface area contributed by atoms with Gasteiger partial charge in [0.2, 0.25) is 11.8 Å². The van der Waals surface area contributed by atoms with Gasteiger partial charge in [-0.1, -0.05) is 13.8 Å². The van der Waals surface area contributed by atoms with Gasteiger partial charge in [-0.15, -0.1) is 5.10 Å². The summed E-state index contributed by atoms with van der Waals surface area (Å²) in [6, 6.07) is 0. The van der Waals surface area contributed by atoms with E-state index in [1.807, 2.05) is 20.9 Å². The van der Waals surface area contributed by atoms with Crippen molar-refractivity contribution in [3.63, 3.8) is 0 Å². The molecule has 1 aliphatic rings. The topological polar surface area (TPSA) is 24.8 Å². The van der Waals surface area contributed by atoms with Crippen LogP contribution in [0.5, 0.6) is 0 Å². The summed E-state index contributed by atoms with van der Waals surface area (Å²) < 4.78 is 5.22. The highest BCUT2D eigenvalue weighted by Crippen LogP contribution is 2.15. The molecule has 0 aromatic carbocycles. The van der Waals surface area contributed by atoms with Crippen LogP contribution >= 0.6 is 0 Å². The van der Waals surface area contributed by atoms with E-state index >= 15 is 0 Å². The molecule has 3 nitrogen and oxygen atoms in total. The number of nitrogens with zero attached hydrogens (tertiary/aromatic N) is 2. The average Bonchev–Trinajstić information content (AvgIpc) is 2.13. The largest absolute Gasteiger partial charge is 0.424 e. The normalized spacial score (nSPS) is 17.8. The minimum atomic E-state index is 0.335. The average molecular weight is 140 g/mol. The Hall–Kier alpha value is -0.990. The van der Waals surface area contributed by atoms with Crippen molar-refractivity contribution in [2.75, 3.05) is 7.05 Å². The van der Waals surface area contributed by atoms with Gasteiger partial charge in [0.15, 0.2) is 0 Å². The molecule has 56 valence electrons. The summed E-state index contributed by atoms with van der Waals surface area (Å²) >= 11 is 0. The second-order valence-electron chi connectivity index (χ2n) is 2.61. The summed E-state index contributed by atoms with van der Waals surface area (Å²) in [7, 11) is 1.82. The number of ether oxygens (including phenoxy) is 1. The monoisotopic (exact) mass is 140 g/mol. The van der Waals surface area contributed by atoms with Crippen LogP contribution in [0.25, 0.3) is 0 Å². The molecule has 0 saturated heterocycles. The van der Waals surface area contributed by atoms with Crippen LogP contribution in [0.4, 0.5) is 0 Å². The van der Waals surface area contributed by atoms with Gasteiger partial charge in [0.25, 0.3) is 0 Å². The van der Waals surface area contributed by atoms with Gasteiger partial charge in [-0.3, -0.25) is 0 Å². The zero-order chi connectivity index (χ0) is 7.72. The van der Waals surface area contributed by atoms with Crippen molar-refractivity contribution in [3.8, 4) is 0 Å². The van der Waals surface area contributed by atoms with E-state index in [4.69, 9.17) is 4.74 Å². The Kier molecular flexibility index (Phi) is 1.66. The fourth-order valence-corrected chi connectivity index (χ4v) is 0.644. The van der Waals surface area contributed by atoms with Crippen LogP contribution in [0.3, 0.4) is 0 Å². The van der Waals surface area contributed by atoms with Crippen LogP contribution in [0.15, 0.2) is 17.6 Å². The predicted octanol–water partition coefficient (Wildman–Crippen LogP) is 1.39. The van der Waals surface area contributed by atoms with Crippen LogP contribution in [-0.2, 0) is 4.74 Å². The Morgan fingerprint density at radius 3 is 2.40 bits per heavy atom. The molecule has 0 aliphatic carbocycles. The van der Waals surface area contributed by atoms with E-state index in [9.17, 15) is 0 Å². The maximum absolute atomic E-state index is 5.22. The van der Waals surface area contributed by atoms with E-state index < -0.39 is 0 Å². The van der Waals surface area contributed by atoms with Crippen LogP contribution in [0, 0.1) is 5.92 Å². The van der Waals surface area contributed by atoms with E-state index in [0.717, 1.165) is 5.90 Å². The Labute approximate surface area is 61.0 Å². The van der Waals surface area contributed by atoms with Crippen LogP contribution in [0.1, 0.15) is 13.8 Å². The fraction of sp³-hybridized carbons (Fsp3) is 0.571. The third-order valence-corrected chi connectivity index (χ3v) is 1.33. The molecule has 1 rings (SSSR count). The Morgan fingerprint density at radius 1 is 1.60 bits per heavy atom. The minimum Gasteiger partial charge on any atom is -0.424 e. The lowest BCUT2D eigenvalue weighted by atomic mass is 10.2. The van der Waals surface area contributed by atoms with Gasteiger partial charge < -0.3 is 4.74 Å². The van der Waals surface area contributed by atoms with Gasteiger partial charge in [-0.25, -0.2) is 5.01 Å². The molecule has 3 heteroatoms. The molecule has 0 saturated carbocycles. The van der Waals surface area contributed by atoms with E-state index in [1.165, 1.54) is 0 Å². The van der Waals surface area contributed by atoms with Gasteiger partial charge in [0.05, 0.1) is 0 Å². The summed E-state index contributed by atoms with van der Waals surface area (Å²) in [6.07, 6.45) is 0. The predicted molar refractivity (Wildman–Crippen MR) is 40.3 cm³/mol. The van der Waals surface area contributed by atoms with Crippen molar-refractivity contribution < 1.29 is 4.74 Å². The lowest BCUT2D eigenvalue weighted by Crippen LogP contribution is -2.05.